The van der Waals surface area contributed by atoms with Gasteiger partial charge in [-0.15, -0.1) is 0 Å². The van der Waals surface area contributed by atoms with Gasteiger partial charge in [0, 0.05) is 5.69 Å². The van der Waals surface area contributed by atoms with E-state index in [4.69, 9.17) is 10.5 Å². The van der Waals surface area contributed by atoms with E-state index in [1.54, 1.807) is 13.0 Å². The van der Waals surface area contributed by atoms with Crippen LogP contribution in [-0.2, 0) is 10.0 Å². The monoisotopic (exact) mass is 310 g/mol. The van der Waals surface area contributed by atoms with Crippen LogP contribution in [0.2, 0.25) is 0 Å². The Morgan fingerprint density at radius 2 is 1.86 bits per heavy atom. The summed E-state index contributed by atoms with van der Waals surface area (Å²) in [7, 11) is -2.50. The van der Waals surface area contributed by atoms with Crippen LogP contribution in [0.4, 0.5) is 10.1 Å². The molecule has 2 rings (SSSR count). The lowest BCUT2D eigenvalue weighted by Gasteiger charge is -2.13. The Kier molecular flexibility index (Phi) is 4.15. The zero-order valence-electron chi connectivity index (χ0n) is 11.6. The molecule has 7 heteroatoms. The lowest BCUT2D eigenvalue weighted by molar-refractivity contribution is 0.431. The maximum absolute atomic E-state index is 13.7. The lowest BCUT2D eigenvalue weighted by Crippen LogP contribution is -2.19. The van der Waals surface area contributed by atoms with Gasteiger partial charge in [0.05, 0.1) is 0 Å². The van der Waals surface area contributed by atoms with E-state index >= 15 is 0 Å². The molecule has 0 radical (unpaired) electrons. The zero-order valence-corrected chi connectivity index (χ0v) is 12.4. The fraction of sp³-hybridized carbons (Fsp3) is 0.143. The molecule has 3 N–H and O–H groups in total. The molecule has 0 aromatic heterocycles. The fourth-order valence-corrected chi connectivity index (χ4v) is 2.62. The second-order valence-electron chi connectivity index (χ2n) is 4.45. The Hall–Kier alpha value is -2.12. The standard InChI is InChI=1S/C14H15FN2O3S/c1-9-3-5-11(15)13(7-9)20-12-6-4-10(16)8-14(12)21(18,19)17-2/h3-8,17H,16H2,1-2H3. The van der Waals surface area contributed by atoms with Crippen molar-refractivity contribution in [3.63, 3.8) is 0 Å². The molecule has 0 unspecified atom stereocenters. The Bertz CT molecular complexity index is 776. The molecular weight excluding hydrogens is 295 g/mol. The van der Waals surface area contributed by atoms with Gasteiger partial charge in [-0.05, 0) is 49.9 Å². The van der Waals surface area contributed by atoms with Crippen molar-refractivity contribution in [2.24, 2.45) is 0 Å². The van der Waals surface area contributed by atoms with Crippen molar-refractivity contribution < 1.29 is 17.5 Å². The molecule has 0 atom stereocenters. The van der Waals surface area contributed by atoms with E-state index in [9.17, 15) is 12.8 Å². The van der Waals surface area contributed by atoms with E-state index in [0.717, 1.165) is 5.56 Å². The van der Waals surface area contributed by atoms with Gasteiger partial charge in [0.1, 0.15) is 10.6 Å². The van der Waals surface area contributed by atoms with E-state index in [-0.39, 0.29) is 22.1 Å². The van der Waals surface area contributed by atoms with Crippen LogP contribution in [0.15, 0.2) is 41.3 Å². The molecule has 2 aromatic carbocycles. The van der Waals surface area contributed by atoms with Crippen LogP contribution < -0.4 is 15.2 Å². The molecule has 0 saturated carbocycles. The lowest BCUT2D eigenvalue weighted by atomic mass is 10.2. The van der Waals surface area contributed by atoms with Crippen molar-refractivity contribution in [3.8, 4) is 11.5 Å². The van der Waals surface area contributed by atoms with E-state index in [0.29, 0.717) is 0 Å². The van der Waals surface area contributed by atoms with Gasteiger partial charge >= 0.3 is 0 Å². The average molecular weight is 310 g/mol. The number of nitrogens with one attached hydrogen (secondary N) is 1. The van der Waals surface area contributed by atoms with Gasteiger partial charge in [0.2, 0.25) is 10.0 Å². The Balaban J connectivity index is 2.52. The van der Waals surface area contributed by atoms with Gasteiger partial charge in [-0.2, -0.15) is 0 Å². The number of aryl methyl sites for hydroxylation is 1. The highest BCUT2D eigenvalue weighted by atomic mass is 32.2. The van der Waals surface area contributed by atoms with Crippen molar-refractivity contribution in [2.45, 2.75) is 11.8 Å². The maximum Gasteiger partial charge on any atom is 0.244 e. The minimum Gasteiger partial charge on any atom is -0.453 e. The van der Waals surface area contributed by atoms with Crippen LogP contribution in [0, 0.1) is 12.7 Å². The SMILES string of the molecule is CNS(=O)(=O)c1cc(N)ccc1Oc1cc(C)ccc1F. The normalized spacial score (nSPS) is 11.4. The summed E-state index contributed by atoms with van der Waals surface area (Å²) in [5, 5.41) is 0. The third-order valence-electron chi connectivity index (χ3n) is 2.83. The van der Waals surface area contributed by atoms with Gasteiger partial charge in [-0.25, -0.2) is 17.5 Å². The van der Waals surface area contributed by atoms with Gasteiger partial charge < -0.3 is 10.5 Å². The van der Waals surface area contributed by atoms with Crippen LogP contribution in [-0.4, -0.2) is 15.5 Å². The predicted molar refractivity (Wildman–Crippen MR) is 78.3 cm³/mol. The number of hydrogen-bond donors (Lipinski definition) is 2. The molecule has 0 spiro atoms. The van der Waals surface area contributed by atoms with Crippen molar-refractivity contribution in [2.75, 3.05) is 12.8 Å². The molecule has 0 aliphatic heterocycles. The summed E-state index contributed by atoms with van der Waals surface area (Å²) in [4.78, 5) is -0.147. The summed E-state index contributed by atoms with van der Waals surface area (Å²) in [5.41, 5.74) is 6.66. The van der Waals surface area contributed by atoms with Crippen LogP contribution in [0.1, 0.15) is 5.56 Å². The Morgan fingerprint density at radius 3 is 2.52 bits per heavy atom. The first-order valence-electron chi connectivity index (χ1n) is 6.10. The Morgan fingerprint density at radius 1 is 1.14 bits per heavy atom. The first-order valence-corrected chi connectivity index (χ1v) is 7.59. The molecule has 0 heterocycles. The second kappa shape index (κ2) is 5.71. The van der Waals surface area contributed by atoms with E-state index in [2.05, 4.69) is 4.72 Å². The van der Waals surface area contributed by atoms with Gasteiger partial charge in [-0.1, -0.05) is 6.07 Å². The average Bonchev–Trinajstić information content (AvgIpc) is 2.44. The number of nitrogens with two attached hydrogens (primary N) is 1. The molecular formula is C14H15FN2O3S. The van der Waals surface area contributed by atoms with Crippen LogP contribution in [0.3, 0.4) is 0 Å². The highest BCUT2D eigenvalue weighted by Gasteiger charge is 2.19. The third-order valence-corrected chi connectivity index (χ3v) is 4.27. The first kappa shape index (κ1) is 15.3. The third kappa shape index (κ3) is 3.32. The number of hydrogen-bond acceptors (Lipinski definition) is 4. The van der Waals surface area contributed by atoms with E-state index < -0.39 is 15.8 Å². The van der Waals surface area contributed by atoms with Crippen molar-refractivity contribution in [1.82, 2.24) is 4.72 Å². The number of nitrogen functional groups attached to an aromatic ring is 1. The van der Waals surface area contributed by atoms with E-state index in [1.807, 2.05) is 0 Å². The zero-order chi connectivity index (χ0) is 15.6. The topological polar surface area (TPSA) is 81.4 Å². The molecule has 0 aliphatic carbocycles. The summed E-state index contributed by atoms with van der Waals surface area (Å²) in [6.07, 6.45) is 0. The van der Waals surface area contributed by atoms with Crippen molar-refractivity contribution in [3.05, 3.63) is 47.8 Å². The molecule has 0 amide bonds. The molecule has 2 aromatic rings. The van der Waals surface area contributed by atoms with E-state index in [1.165, 1.54) is 37.4 Å². The summed E-state index contributed by atoms with van der Waals surface area (Å²) >= 11 is 0. The van der Waals surface area contributed by atoms with Gasteiger partial charge in [-0.3, -0.25) is 0 Å². The molecule has 0 saturated heterocycles. The maximum atomic E-state index is 13.7. The quantitative estimate of drug-likeness (QED) is 0.850. The van der Waals surface area contributed by atoms with Crippen molar-refractivity contribution >= 4 is 15.7 Å². The predicted octanol–water partition coefficient (Wildman–Crippen LogP) is 2.42. The van der Waals surface area contributed by atoms with Crippen molar-refractivity contribution in [1.29, 1.82) is 0 Å². The number of ether oxygens (including phenoxy) is 1. The number of benzene rings is 2. The summed E-state index contributed by atoms with van der Waals surface area (Å²) in [5.74, 6) is -0.624. The van der Waals surface area contributed by atoms with Crippen LogP contribution >= 0.6 is 0 Å². The molecule has 0 fully saturated rings. The largest absolute Gasteiger partial charge is 0.453 e. The minimum absolute atomic E-state index is 0.00282. The molecule has 0 bridgehead atoms. The number of halogens is 1. The van der Waals surface area contributed by atoms with Crippen LogP contribution in [0.25, 0.3) is 0 Å². The highest BCUT2D eigenvalue weighted by Crippen LogP contribution is 2.32. The Labute approximate surface area is 122 Å². The number of anilines is 1. The number of rotatable bonds is 4. The van der Waals surface area contributed by atoms with Crippen LogP contribution in [0.5, 0.6) is 11.5 Å². The fourth-order valence-electron chi connectivity index (χ4n) is 1.74. The first-order chi connectivity index (χ1) is 9.83. The summed E-state index contributed by atoms with van der Waals surface area (Å²) < 4.78 is 45.3. The summed E-state index contributed by atoms with van der Waals surface area (Å²) in [6.45, 7) is 1.78. The summed E-state index contributed by atoms with van der Waals surface area (Å²) in [6, 6.07) is 8.47. The molecule has 21 heavy (non-hydrogen) atoms. The smallest absolute Gasteiger partial charge is 0.244 e. The van der Waals surface area contributed by atoms with Gasteiger partial charge in [0.25, 0.3) is 0 Å². The van der Waals surface area contributed by atoms with Gasteiger partial charge in [0.15, 0.2) is 11.6 Å². The highest BCUT2D eigenvalue weighted by molar-refractivity contribution is 7.89. The molecule has 0 aliphatic rings. The minimum atomic E-state index is -3.77. The second-order valence-corrected chi connectivity index (χ2v) is 6.30. The number of sulfonamides is 1. The molecule has 5 nitrogen and oxygen atoms in total. The molecule has 112 valence electrons.